The molecular formula is C49H90O12S. The zero-order chi connectivity index (χ0) is 45.5. The molecule has 0 saturated carbocycles. The van der Waals surface area contributed by atoms with Crippen molar-refractivity contribution in [1.29, 1.82) is 0 Å². The molecule has 0 amide bonds. The second-order valence-electron chi connectivity index (χ2n) is 17.5. The molecule has 1 aliphatic rings. The van der Waals surface area contributed by atoms with Crippen LogP contribution in [0.25, 0.3) is 0 Å². The summed E-state index contributed by atoms with van der Waals surface area (Å²) < 4.78 is 54.2. The van der Waals surface area contributed by atoms with Crippen molar-refractivity contribution >= 4 is 22.1 Å². The Labute approximate surface area is 377 Å². The van der Waals surface area contributed by atoms with E-state index in [-0.39, 0.29) is 19.4 Å². The molecule has 364 valence electrons. The van der Waals surface area contributed by atoms with Crippen LogP contribution in [0, 0.1) is 0 Å². The molecule has 0 aliphatic carbocycles. The lowest BCUT2D eigenvalue weighted by atomic mass is 10.00. The summed E-state index contributed by atoms with van der Waals surface area (Å²) in [6.07, 6.45) is 35.0. The van der Waals surface area contributed by atoms with Gasteiger partial charge in [-0.25, -0.2) is 0 Å². The van der Waals surface area contributed by atoms with Gasteiger partial charge in [-0.05, 0) is 44.9 Å². The third kappa shape index (κ3) is 33.6. The Bertz CT molecular complexity index is 1240. The van der Waals surface area contributed by atoms with Crippen LogP contribution < -0.4 is 0 Å². The summed E-state index contributed by atoms with van der Waals surface area (Å²) in [5.74, 6) is -1.99. The fourth-order valence-corrected chi connectivity index (χ4v) is 8.34. The molecule has 1 saturated heterocycles. The summed E-state index contributed by atoms with van der Waals surface area (Å²) >= 11 is 0. The van der Waals surface area contributed by atoms with Gasteiger partial charge in [0.2, 0.25) is 0 Å². The van der Waals surface area contributed by atoms with Gasteiger partial charge in [-0.15, -0.1) is 0 Å². The average molecular weight is 903 g/mol. The molecule has 0 aromatic carbocycles. The van der Waals surface area contributed by atoms with Crippen LogP contribution in [0.4, 0.5) is 0 Å². The van der Waals surface area contributed by atoms with Gasteiger partial charge in [0.05, 0.1) is 6.61 Å². The second kappa shape index (κ2) is 39.5. The highest BCUT2D eigenvalue weighted by molar-refractivity contribution is 7.85. The summed E-state index contributed by atoms with van der Waals surface area (Å²) in [7, 11) is -4.60. The Balaban J connectivity index is 2.38. The van der Waals surface area contributed by atoms with Crippen molar-refractivity contribution in [1.82, 2.24) is 0 Å². The molecular weight excluding hydrogens is 813 g/mol. The zero-order valence-corrected chi connectivity index (χ0v) is 39.8. The maximum Gasteiger partial charge on any atom is 0.306 e. The minimum Gasteiger partial charge on any atom is -0.462 e. The van der Waals surface area contributed by atoms with Crippen LogP contribution in [-0.2, 0) is 38.7 Å². The van der Waals surface area contributed by atoms with E-state index >= 15 is 0 Å². The van der Waals surface area contributed by atoms with Crippen LogP contribution in [0.2, 0.25) is 0 Å². The molecule has 62 heavy (non-hydrogen) atoms. The number of esters is 2. The van der Waals surface area contributed by atoms with Gasteiger partial charge in [-0.3, -0.25) is 14.1 Å². The molecule has 0 bridgehead atoms. The lowest BCUT2D eigenvalue weighted by Crippen LogP contribution is -2.60. The number of aliphatic hydroxyl groups excluding tert-OH is 3. The highest BCUT2D eigenvalue weighted by atomic mass is 32.2. The molecule has 0 spiro atoms. The van der Waals surface area contributed by atoms with Crippen molar-refractivity contribution in [3.05, 3.63) is 24.3 Å². The fraction of sp³-hybridized carbons (Fsp3) is 0.878. The quantitative estimate of drug-likeness (QED) is 0.0197. The standard InChI is InChI=1S/C49H90O12S/c1-3-5-7-9-11-13-15-17-19-20-21-22-24-25-27-29-31-33-35-37-44(50)58-39-42(40-59-49-48(54)47(53)46(52)43(61-49)41-62(55,56)57)60-45(51)38-36-34-32-30-28-26-23-18-16-14-12-10-8-6-4-2/h12,14,18,23,42-43,46-49,52-54H,3-11,13,15-17,19-22,24-41H2,1-2H3,(H,55,56,57)/b14-12-,23-18-. The van der Waals surface area contributed by atoms with Crippen LogP contribution >= 0.6 is 0 Å². The van der Waals surface area contributed by atoms with Crippen LogP contribution in [0.3, 0.4) is 0 Å². The molecule has 1 fully saturated rings. The number of aliphatic hydroxyl groups is 3. The van der Waals surface area contributed by atoms with E-state index in [2.05, 4.69) is 38.2 Å². The van der Waals surface area contributed by atoms with Crippen LogP contribution in [0.1, 0.15) is 219 Å². The van der Waals surface area contributed by atoms with Crippen molar-refractivity contribution in [2.24, 2.45) is 0 Å². The molecule has 0 radical (unpaired) electrons. The Morgan fingerprint density at radius 3 is 1.45 bits per heavy atom. The van der Waals surface area contributed by atoms with Crippen LogP contribution in [-0.4, -0.2) is 96.0 Å². The van der Waals surface area contributed by atoms with E-state index in [9.17, 15) is 37.9 Å². The third-order valence-corrected chi connectivity index (χ3v) is 12.3. The maximum absolute atomic E-state index is 12.8. The zero-order valence-electron chi connectivity index (χ0n) is 39.0. The molecule has 6 unspecified atom stereocenters. The first-order valence-electron chi connectivity index (χ1n) is 24.9. The first-order valence-corrected chi connectivity index (χ1v) is 26.5. The maximum atomic E-state index is 12.8. The first-order chi connectivity index (χ1) is 30.0. The molecule has 6 atom stereocenters. The van der Waals surface area contributed by atoms with Gasteiger partial charge in [0.1, 0.15) is 36.8 Å². The van der Waals surface area contributed by atoms with Gasteiger partial charge < -0.3 is 34.3 Å². The summed E-state index contributed by atoms with van der Waals surface area (Å²) in [5, 5.41) is 30.9. The van der Waals surface area contributed by atoms with E-state index in [0.29, 0.717) is 12.8 Å². The van der Waals surface area contributed by atoms with Gasteiger partial charge in [0.15, 0.2) is 12.4 Å². The minimum absolute atomic E-state index is 0.151. The largest absolute Gasteiger partial charge is 0.462 e. The molecule has 0 aromatic heterocycles. The van der Waals surface area contributed by atoms with Gasteiger partial charge in [0.25, 0.3) is 10.1 Å². The molecule has 13 heteroatoms. The Morgan fingerprint density at radius 2 is 0.968 bits per heavy atom. The second-order valence-corrected chi connectivity index (χ2v) is 19.0. The normalized spacial score (nSPS) is 20.0. The number of carbonyl (C=O) groups is 2. The Kier molecular flexibility index (Phi) is 37.0. The monoisotopic (exact) mass is 903 g/mol. The van der Waals surface area contributed by atoms with Crippen LogP contribution in [0.15, 0.2) is 24.3 Å². The van der Waals surface area contributed by atoms with Crippen molar-refractivity contribution in [2.75, 3.05) is 19.0 Å². The summed E-state index contributed by atoms with van der Waals surface area (Å²) in [4.78, 5) is 25.5. The van der Waals surface area contributed by atoms with E-state index in [1.165, 1.54) is 116 Å². The topological polar surface area (TPSA) is 186 Å². The average Bonchev–Trinajstić information content (AvgIpc) is 3.24. The molecule has 4 N–H and O–H groups in total. The molecule has 1 rings (SSSR count). The lowest BCUT2D eigenvalue weighted by molar-refractivity contribution is -0.297. The highest BCUT2D eigenvalue weighted by Crippen LogP contribution is 2.24. The first kappa shape index (κ1) is 58.1. The molecule has 12 nitrogen and oxygen atoms in total. The van der Waals surface area contributed by atoms with Gasteiger partial charge in [-0.2, -0.15) is 8.42 Å². The molecule has 1 heterocycles. The third-order valence-electron chi connectivity index (χ3n) is 11.5. The highest BCUT2D eigenvalue weighted by Gasteiger charge is 2.46. The van der Waals surface area contributed by atoms with E-state index in [1.54, 1.807) is 0 Å². The number of ether oxygens (including phenoxy) is 4. The van der Waals surface area contributed by atoms with E-state index in [0.717, 1.165) is 64.2 Å². The minimum atomic E-state index is -4.60. The Morgan fingerprint density at radius 1 is 0.548 bits per heavy atom. The van der Waals surface area contributed by atoms with E-state index in [4.69, 9.17) is 18.9 Å². The smallest absolute Gasteiger partial charge is 0.306 e. The van der Waals surface area contributed by atoms with Gasteiger partial charge in [0, 0.05) is 12.8 Å². The predicted octanol–water partition coefficient (Wildman–Crippen LogP) is 10.8. The van der Waals surface area contributed by atoms with E-state index in [1.807, 2.05) is 0 Å². The van der Waals surface area contributed by atoms with Crippen LogP contribution in [0.5, 0.6) is 0 Å². The number of allylic oxidation sites excluding steroid dienone is 4. The van der Waals surface area contributed by atoms with Crippen molar-refractivity contribution in [2.45, 2.75) is 256 Å². The fourth-order valence-electron chi connectivity index (χ4n) is 7.65. The number of hydrogen-bond donors (Lipinski definition) is 4. The van der Waals surface area contributed by atoms with Gasteiger partial charge in [-0.1, -0.05) is 186 Å². The van der Waals surface area contributed by atoms with Crippen molar-refractivity contribution in [3.8, 4) is 0 Å². The lowest BCUT2D eigenvalue weighted by Gasteiger charge is -2.40. The summed E-state index contributed by atoms with van der Waals surface area (Å²) in [6, 6.07) is 0. The van der Waals surface area contributed by atoms with E-state index < -0.39 is 71.2 Å². The Hall–Kier alpha value is -1.87. The molecule has 1 aliphatic heterocycles. The van der Waals surface area contributed by atoms with Crippen molar-refractivity contribution < 1.29 is 56.8 Å². The van der Waals surface area contributed by atoms with Crippen molar-refractivity contribution in [3.63, 3.8) is 0 Å². The SMILES string of the molecule is CCCCC/C=C\C/C=C\CCCCCCCC(=O)OC(COC(=O)CCCCCCCCCCCCCCCCCCCCC)COC1OC(CS(=O)(=O)O)C(O)C(O)C1O. The van der Waals surface area contributed by atoms with Gasteiger partial charge >= 0.3 is 11.9 Å². The summed E-state index contributed by atoms with van der Waals surface area (Å²) in [6.45, 7) is 3.75. The number of unbranched alkanes of at least 4 members (excludes halogenated alkanes) is 26. The number of rotatable bonds is 42. The molecule has 0 aromatic rings. The predicted molar refractivity (Wildman–Crippen MR) is 247 cm³/mol. The summed E-state index contributed by atoms with van der Waals surface area (Å²) in [5.41, 5.74) is 0. The number of carbonyl (C=O) groups excluding carboxylic acids is 2. The number of hydrogen-bond acceptors (Lipinski definition) is 11.